The Morgan fingerprint density at radius 2 is 2.33 bits per heavy atom. The predicted octanol–water partition coefficient (Wildman–Crippen LogP) is 1.52. The number of nitrogens with two attached hydrogens (primary N) is 1. The Kier molecular flexibility index (Phi) is 6.30. The number of nitrogens with zero attached hydrogens (tertiary/aromatic N) is 2. The highest BCUT2D eigenvalue weighted by atomic mass is 16.5. The molecular formula is C15H24N4O2. The summed E-state index contributed by atoms with van der Waals surface area (Å²) >= 11 is 0. The minimum atomic E-state index is 0.671. The molecule has 0 aliphatic carbocycles. The van der Waals surface area contributed by atoms with Gasteiger partial charge in [0.05, 0.1) is 12.3 Å². The van der Waals surface area contributed by atoms with Crippen molar-refractivity contribution in [2.24, 2.45) is 10.8 Å². The van der Waals surface area contributed by atoms with Crippen LogP contribution >= 0.6 is 0 Å². The molecule has 0 saturated carbocycles. The van der Waals surface area contributed by atoms with Gasteiger partial charge in [-0.3, -0.25) is 10.4 Å². The van der Waals surface area contributed by atoms with Crippen molar-refractivity contribution < 1.29 is 9.47 Å². The van der Waals surface area contributed by atoms with Crippen molar-refractivity contribution in [3.63, 3.8) is 0 Å². The molecule has 0 spiro atoms. The summed E-state index contributed by atoms with van der Waals surface area (Å²) in [5, 5.41) is 0. The third-order valence-electron chi connectivity index (χ3n) is 3.24. The number of anilines is 1. The fraction of sp³-hybridized carbons (Fsp3) is 0.533. The maximum absolute atomic E-state index is 5.75. The van der Waals surface area contributed by atoms with E-state index in [2.05, 4.69) is 15.3 Å². The maximum Gasteiger partial charge on any atom is 0.213 e. The summed E-state index contributed by atoms with van der Waals surface area (Å²) in [5.41, 5.74) is 3.71. The van der Waals surface area contributed by atoms with Crippen LogP contribution in [0.5, 0.6) is 5.75 Å². The van der Waals surface area contributed by atoms with E-state index >= 15 is 0 Å². The molecule has 0 bridgehead atoms. The lowest BCUT2D eigenvalue weighted by molar-refractivity contribution is 0.146. The normalized spacial score (nSPS) is 15.1. The molecule has 116 valence electrons. The molecule has 6 heteroatoms. The zero-order valence-electron chi connectivity index (χ0n) is 12.5. The number of hydrogen-bond acceptors (Lipinski definition) is 4. The Morgan fingerprint density at radius 1 is 1.48 bits per heavy atom. The van der Waals surface area contributed by atoms with Crippen LogP contribution in [-0.2, 0) is 4.74 Å². The van der Waals surface area contributed by atoms with Crippen molar-refractivity contribution in [1.82, 2.24) is 5.43 Å². The third kappa shape index (κ3) is 4.34. The summed E-state index contributed by atoms with van der Waals surface area (Å²) in [6, 6.07) is 7.95. The van der Waals surface area contributed by atoms with E-state index in [1.54, 1.807) is 0 Å². The van der Waals surface area contributed by atoms with Gasteiger partial charge >= 0.3 is 0 Å². The van der Waals surface area contributed by atoms with E-state index in [4.69, 9.17) is 15.3 Å². The van der Waals surface area contributed by atoms with Gasteiger partial charge in [0.1, 0.15) is 5.75 Å². The molecule has 0 atom stereocenters. The smallest absolute Gasteiger partial charge is 0.213 e. The van der Waals surface area contributed by atoms with Gasteiger partial charge in [0.2, 0.25) is 5.96 Å². The second-order valence-electron chi connectivity index (χ2n) is 4.72. The molecule has 1 aromatic rings. The second kappa shape index (κ2) is 8.49. The number of aliphatic imine (C=N–C) groups is 1. The van der Waals surface area contributed by atoms with E-state index in [0.717, 1.165) is 44.0 Å². The molecule has 0 saturated heterocycles. The SMILES string of the molecule is CCOCCCN=C(NN)N1CCCOc2ccccc21. The summed E-state index contributed by atoms with van der Waals surface area (Å²) < 4.78 is 11.1. The molecule has 2 rings (SSSR count). The summed E-state index contributed by atoms with van der Waals surface area (Å²) in [7, 11) is 0. The zero-order valence-corrected chi connectivity index (χ0v) is 12.5. The Hall–Kier alpha value is -1.79. The molecule has 0 fully saturated rings. The third-order valence-corrected chi connectivity index (χ3v) is 3.24. The van der Waals surface area contributed by atoms with Crippen molar-refractivity contribution in [1.29, 1.82) is 0 Å². The quantitative estimate of drug-likeness (QED) is 0.283. The number of hydrazine groups is 1. The Morgan fingerprint density at radius 3 is 3.14 bits per heavy atom. The van der Waals surface area contributed by atoms with E-state index < -0.39 is 0 Å². The van der Waals surface area contributed by atoms with Crippen molar-refractivity contribution in [2.75, 3.05) is 37.8 Å². The first-order valence-electron chi connectivity index (χ1n) is 7.45. The number of fused-ring (bicyclic) bond motifs is 1. The standard InChI is InChI=1S/C15H24N4O2/c1-2-20-11-5-9-17-15(18-16)19-10-6-12-21-14-8-4-3-7-13(14)19/h3-4,7-8H,2,5-6,9-12,16H2,1H3,(H,17,18). The lowest BCUT2D eigenvalue weighted by Gasteiger charge is -2.24. The zero-order chi connectivity index (χ0) is 14.9. The molecule has 21 heavy (non-hydrogen) atoms. The van der Waals surface area contributed by atoms with Crippen LogP contribution in [0.2, 0.25) is 0 Å². The molecule has 0 amide bonds. The number of rotatable bonds is 5. The molecule has 3 N–H and O–H groups in total. The van der Waals surface area contributed by atoms with Crippen LogP contribution in [0.1, 0.15) is 19.8 Å². The summed E-state index contributed by atoms with van der Waals surface area (Å²) in [6.07, 6.45) is 1.80. The highest BCUT2D eigenvalue weighted by molar-refractivity contribution is 5.97. The largest absolute Gasteiger partial charge is 0.491 e. The van der Waals surface area contributed by atoms with Gasteiger partial charge < -0.3 is 14.4 Å². The number of para-hydroxylation sites is 2. The van der Waals surface area contributed by atoms with E-state index in [9.17, 15) is 0 Å². The molecule has 0 radical (unpaired) electrons. The van der Waals surface area contributed by atoms with Crippen molar-refractivity contribution >= 4 is 11.6 Å². The Bertz CT molecular complexity index is 465. The van der Waals surface area contributed by atoms with E-state index in [-0.39, 0.29) is 0 Å². The fourth-order valence-corrected chi connectivity index (χ4v) is 2.25. The molecule has 1 heterocycles. The van der Waals surface area contributed by atoms with Gasteiger partial charge in [0, 0.05) is 26.3 Å². The second-order valence-corrected chi connectivity index (χ2v) is 4.72. The first-order valence-corrected chi connectivity index (χ1v) is 7.45. The highest BCUT2D eigenvalue weighted by Gasteiger charge is 2.19. The predicted molar refractivity (Wildman–Crippen MR) is 84.6 cm³/mol. The Labute approximate surface area is 125 Å². The van der Waals surface area contributed by atoms with Crippen LogP contribution in [0.15, 0.2) is 29.3 Å². The van der Waals surface area contributed by atoms with Crippen molar-refractivity contribution in [2.45, 2.75) is 19.8 Å². The van der Waals surface area contributed by atoms with Crippen LogP contribution in [0.4, 0.5) is 5.69 Å². The van der Waals surface area contributed by atoms with E-state index in [0.29, 0.717) is 19.1 Å². The highest BCUT2D eigenvalue weighted by Crippen LogP contribution is 2.30. The van der Waals surface area contributed by atoms with Crippen LogP contribution in [0.25, 0.3) is 0 Å². The fourth-order valence-electron chi connectivity index (χ4n) is 2.25. The molecule has 1 aliphatic rings. The van der Waals surface area contributed by atoms with Crippen LogP contribution in [-0.4, -0.2) is 38.9 Å². The number of hydrogen-bond donors (Lipinski definition) is 2. The molecule has 6 nitrogen and oxygen atoms in total. The lowest BCUT2D eigenvalue weighted by Crippen LogP contribution is -2.45. The first-order chi connectivity index (χ1) is 10.4. The number of benzene rings is 1. The Balaban J connectivity index is 2.08. The number of ether oxygens (including phenoxy) is 2. The molecule has 1 aromatic carbocycles. The average molecular weight is 292 g/mol. The summed E-state index contributed by atoms with van der Waals surface area (Å²) in [5.74, 6) is 7.20. The number of nitrogens with one attached hydrogen (secondary N) is 1. The van der Waals surface area contributed by atoms with Crippen LogP contribution < -0.4 is 20.9 Å². The van der Waals surface area contributed by atoms with Crippen molar-refractivity contribution in [3.8, 4) is 5.75 Å². The number of guanidine groups is 1. The van der Waals surface area contributed by atoms with Gasteiger partial charge in [-0.2, -0.15) is 0 Å². The average Bonchev–Trinajstić information content (AvgIpc) is 2.74. The molecular weight excluding hydrogens is 268 g/mol. The monoisotopic (exact) mass is 292 g/mol. The van der Waals surface area contributed by atoms with Gasteiger partial charge in [0.15, 0.2) is 0 Å². The summed E-state index contributed by atoms with van der Waals surface area (Å²) in [6.45, 7) is 5.66. The molecule has 1 aliphatic heterocycles. The molecule has 0 unspecified atom stereocenters. The van der Waals surface area contributed by atoms with Gasteiger partial charge in [-0.1, -0.05) is 12.1 Å². The first kappa shape index (κ1) is 15.6. The van der Waals surface area contributed by atoms with Gasteiger partial charge in [0.25, 0.3) is 0 Å². The minimum absolute atomic E-state index is 0.671. The van der Waals surface area contributed by atoms with Gasteiger partial charge in [-0.15, -0.1) is 0 Å². The maximum atomic E-state index is 5.75. The van der Waals surface area contributed by atoms with E-state index in [1.807, 2.05) is 31.2 Å². The molecule has 0 aromatic heterocycles. The van der Waals surface area contributed by atoms with E-state index in [1.165, 1.54) is 0 Å². The topological polar surface area (TPSA) is 72.1 Å². The van der Waals surface area contributed by atoms with Crippen molar-refractivity contribution in [3.05, 3.63) is 24.3 Å². The minimum Gasteiger partial charge on any atom is -0.491 e. The lowest BCUT2D eigenvalue weighted by atomic mass is 10.2. The van der Waals surface area contributed by atoms with Gasteiger partial charge in [-0.25, -0.2) is 5.84 Å². The van der Waals surface area contributed by atoms with Gasteiger partial charge in [-0.05, 0) is 31.9 Å². The van der Waals surface area contributed by atoms with Crippen LogP contribution in [0.3, 0.4) is 0 Å². The summed E-state index contributed by atoms with van der Waals surface area (Å²) in [4.78, 5) is 6.62. The van der Waals surface area contributed by atoms with Crippen LogP contribution in [0, 0.1) is 0 Å².